The zero-order chi connectivity index (χ0) is 12.5. The molecule has 0 fully saturated rings. The second-order valence-electron chi connectivity index (χ2n) is 3.01. The molecule has 7 heteroatoms. The fourth-order valence-electron chi connectivity index (χ4n) is 1.29. The standard InChI is InChI=1S/C9H5F5O2/c10-4-2-1-3-9(14,6(4)11)5(7(12)13)8(15)16/h1-2H,3H2,(H,15,16). The summed E-state index contributed by atoms with van der Waals surface area (Å²) in [6, 6.07) is 0. The van der Waals surface area contributed by atoms with Crippen LogP contribution >= 0.6 is 0 Å². The molecule has 1 unspecified atom stereocenters. The number of aliphatic carboxylic acids is 1. The molecule has 16 heavy (non-hydrogen) atoms. The molecule has 1 atom stereocenters. The summed E-state index contributed by atoms with van der Waals surface area (Å²) in [5.41, 5.74) is -5.73. The van der Waals surface area contributed by atoms with E-state index >= 15 is 0 Å². The van der Waals surface area contributed by atoms with Gasteiger partial charge in [0.25, 0.3) is 6.08 Å². The number of alkyl halides is 1. The van der Waals surface area contributed by atoms with E-state index in [0.717, 1.165) is 6.08 Å². The maximum Gasteiger partial charge on any atom is 0.340 e. The van der Waals surface area contributed by atoms with Crippen molar-refractivity contribution in [2.45, 2.75) is 12.1 Å². The number of halogens is 5. The van der Waals surface area contributed by atoms with Gasteiger partial charge in [0, 0.05) is 6.42 Å². The third kappa shape index (κ3) is 1.84. The number of rotatable bonds is 2. The van der Waals surface area contributed by atoms with Crippen molar-refractivity contribution in [1.82, 2.24) is 0 Å². The van der Waals surface area contributed by atoms with Crippen molar-refractivity contribution < 1.29 is 31.9 Å². The molecule has 0 spiro atoms. The van der Waals surface area contributed by atoms with E-state index in [2.05, 4.69) is 0 Å². The monoisotopic (exact) mass is 240 g/mol. The van der Waals surface area contributed by atoms with Crippen LogP contribution in [0, 0.1) is 0 Å². The molecule has 0 aromatic heterocycles. The highest BCUT2D eigenvalue weighted by molar-refractivity contribution is 5.90. The summed E-state index contributed by atoms with van der Waals surface area (Å²) in [5, 5.41) is 8.35. The minimum Gasteiger partial charge on any atom is -0.478 e. The summed E-state index contributed by atoms with van der Waals surface area (Å²) >= 11 is 0. The lowest BCUT2D eigenvalue weighted by atomic mass is 9.88. The van der Waals surface area contributed by atoms with E-state index in [-0.39, 0.29) is 0 Å². The van der Waals surface area contributed by atoms with Gasteiger partial charge in [0.15, 0.2) is 11.7 Å². The highest BCUT2D eigenvalue weighted by atomic mass is 19.3. The average Bonchev–Trinajstić information content (AvgIpc) is 2.12. The number of carboxylic acid groups (broad SMARTS) is 1. The van der Waals surface area contributed by atoms with E-state index in [9.17, 15) is 26.7 Å². The van der Waals surface area contributed by atoms with Gasteiger partial charge in [-0.1, -0.05) is 6.08 Å². The highest BCUT2D eigenvalue weighted by Crippen LogP contribution is 2.42. The molecule has 0 bridgehead atoms. The van der Waals surface area contributed by atoms with Crippen LogP contribution in [0.2, 0.25) is 0 Å². The molecule has 1 aliphatic carbocycles. The number of hydrogen-bond donors (Lipinski definition) is 1. The third-order valence-corrected chi connectivity index (χ3v) is 2.02. The normalized spacial score (nSPS) is 24.6. The Bertz CT molecular complexity index is 420. The van der Waals surface area contributed by atoms with E-state index in [1.165, 1.54) is 0 Å². The molecule has 0 amide bonds. The minimum absolute atomic E-state index is 0.544. The molecule has 1 aliphatic rings. The lowest BCUT2D eigenvalue weighted by Gasteiger charge is -2.24. The van der Waals surface area contributed by atoms with Crippen LogP contribution in [-0.4, -0.2) is 16.7 Å². The predicted molar refractivity (Wildman–Crippen MR) is 43.7 cm³/mol. The van der Waals surface area contributed by atoms with E-state index in [1.807, 2.05) is 0 Å². The van der Waals surface area contributed by atoms with Crippen LogP contribution in [0.5, 0.6) is 0 Å². The molecule has 0 aliphatic heterocycles. The Morgan fingerprint density at radius 1 is 1.38 bits per heavy atom. The van der Waals surface area contributed by atoms with Gasteiger partial charge >= 0.3 is 5.97 Å². The highest BCUT2D eigenvalue weighted by Gasteiger charge is 2.48. The number of carboxylic acids is 1. The molecule has 1 N–H and O–H groups in total. The van der Waals surface area contributed by atoms with Gasteiger partial charge in [0.2, 0.25) is 5.67 Å². The fraction of sp³-hybridized carbons (Fsp3) is 0.222. The van der Waals surface area contributed by atoms with Crippen molar-refractivity contribution in [1.29, 1.82) is 0 Å². The van der Waals surface area contributed by atoms with Crippen molar-refractivity contribution >= 4 is 5.97 Å². The molecule has 0 saturated heterocycles. The van der Waals surface area contributed by atoms with Gasteiger partial charge in [-0.25, -0.2) is 18.0 Å². The Morgan fingerprint density at radius 3 is 2.38 bits per heavy atom. The first-order valence-electron chi connectivity index (χ1n) is 4.01. The van der Waals surface area contributed by atoms with Crippen LogP contribution in [0.25, 0.3) is 0 Å². The largest absolute Gasteiger partial charge is 0.478 e. The summed E-state index contributed by atoms with van der Waals surface area (Å²) in [6.45, 7) is 0. The summed E-state index contributed by atoms with van der Waals surface area (Å²) in [4.78, 5) is 10.4. The van der Waals surface area contributed by atoms with Gasteiger partial charge in [-0.05, 0) is 6.08 Å². The van der Waals surface area contributed by atoms with Gasteiger partial charge in [-0.2, -0.15) is 8.78 Å². The first-order valence-corrected chi connectivity index (χ1v) is 4.01. The fourth-order valence-corrected chi connectivity index (χ4v) is 1.29. The van der Waals surface area contributed by atoms with Crippen molar-refractivity contribution in [3.8, 4) is 0 Å². The van der Waals surface area contributed by atoms with Crippen LogP contribution in [0.4, 0.5) is 22.0 Å². The van der Waals surface area contributed by atoms with Crippen molar-refractivity contribution in [2.75, 3.05) is 0 Å². The summed E-state index contributed by atoms with van der Waals surface area (Å²) in [5.74, 6) is -6.19. The lowest BCUT2D eigenvalue weighted by molar-refractivity contribution is -0.134. The van der Waals surface area contributed by atoms with E-state index in [1.54, 1.807) is 0 Å². The Labute approximate surface area is 86.4 Å². The quantitative estimate of drug-likeness (QED) is 0.595. The number of hydrogen-bond acceptors (Lipinski definition) is 1. The number of allylic oxidation sites excluding steroid dienone is 4. The molecule has 0 radical (unpaired) electrons. The van der Waals surface area contributed by atoms with Crippen LogP contribution in [0.3, 0.4) is 0 Å². The Hall–Kier alpha value is -1.66. The molecule has 1 rings (SSSR count). The smallest absolute Gasteiger partial charge is 0.340 e. The molecule has 0 aromatic rings. The van der Waals surface area contributed by atoms with Crippen LogP contribution in [0.1, 0.15) is 6.42 Å². The van der Waals surface area contributed by atoms with E-state index < -0.39 is 41.4 Å². The maximum atomic E-state index is 13.7. The third-order valence-electron chi connectivity index (χ3n) is 2.02. The summed E-state index contributed by atoms with van der Waals surface area (Å²) in [6.07, 6.45) is -2.61. The summed E-state index contributed by atoms with van der Waals surface area (Å²) in [7, 11) is 0. The molecule has 88 valence electrons. The van der Waals surface area contributed by atoms with Gasteiger partial charge in [0.05, 0.1) is 0 Å². The lowest BCUT2D eigenvalue weighted by Crippen LogP contribution is -2.33. The predicted octanol–water partition coefficient (Wildman–Crippen LogP) is 3.04. The molecule has 0 saturated carbocycles. The van der Waals surface area contributed by atoms with Crippen molar-refractivity contribution in [3.63, 3.8) is 0 Å². The Morgan fingerprint density at radius 2 is 1.94 bits per heavy atom. The zero-order valence-electron chi connectivity index (χ0n) is 7.61. The summed E-state index contributed by atoms with van der Waals surface area (Å²) < 4.78 is 63.9. The molecule has 2 nitrogen and oxygen atoms in total. The maximum absolute atomic E-state index is 13.7. The zero-order valence-corrected chi connectivity index (χ0v) is 7.61. The van der Waals surface area contributed by atoms with Crippen molar-refractivity contribution in [3.05, 3.63) is 35.5 Å². The first kappa shape index (κ1) is 12.4. The second kappa shape index (κ2) is 4.07. The van der Waals surface area contributed by atoms with E-state index in [0.29, 0.717) is 6.08 Å². The topological polar surface area (TPSA) is 37.3 Å². The van der Waals surface area contributed by atoms with Crippen molar-refractivity contribution in [2.24, 2.45) is 0 Å². The SMILES string of the molecule is O=C(O)C(=C(F)F)C1(F)CC=CC(F)=C1F. The van der Waals surface area contributed by atoms with Gasteiger partial charge < -0.3 is 5.11 Å². The van der Waals surface area contributed by atoms with Gasteiger partial charge in [-0.3, -0.25) is 0 Å². The average molecular weight is 240 g/mol. The Kier molecular flexibility index (Phi) is 3.16. The molecule has 0 heterocycles. The van der Waals surface area contributed by atoms with Crippen LogP contribution in [0.15, 0.2) is 35.5 Å². The van der Waals surface area contributed by atoms with Gasteiger partial charge in [-0.15, -0.1) is 0 Å². The second-order valence-corrected chi connectivity index (χ2v) is 3.01. The Balaban J connectivity index is 3.37. The number of carbonyl (C=O) groups is 1. The van der Waals surface area contributed by atoms with E-state index in [4.69, 9.17) is 5.11 Å². The minimum atomic E-state index is -3.65. The van der Waals surface area contributed by atoms with Gasteiger partial charge in [0.1, 0.15) is 5.57 Å². The van der Waals surface area contributed by atoms with Crippen LogP contribution < -0.4 is 0 Å². The molecule has 0 aromatic carbocycles. The molecular formula is C9H5F5O2. The van der Waals surface area contributed by atoms with Crippen LogP contribution in [-0.2, 0) is 4.79 Å². The first-order chi connectivity index (χ1) is 7.30. The molecular weight excluding hydrogens is 235 g/mol.